The van der Waals surface area contributed by atoms with E-state index in [9.17, 15) is 9.59 Å². The van der Waals surface area contributed by atoms with Crippen LogP contribution in [0.25, 0.3) is 0 Å². The Morgan fingerprint density at radius 2 is 1.48 bits per heavy atom. The smallest absolute Gasteiger partial charge is 0.321 e. The maximum Gasteiger partial charge on any atom is 0.321 e. The predicted octanol–water partition coefficient (Wildman–Crippen LogP) is 4.38. The van der Waals surface area contributed by atoms with E-state index in [0.717, 1.165) is 22.5 Å². The number of anilines is 2. The monoisotopic (exact) mass is 385 g/mol. The molecule has 5 heteroatoms. The molecule has 3 amide bonds. The molecule has 0 radical (unpaired) electrons. The van der Waals surface area contributed by atoms with Crippen LogP contribution in [0.2, 0.25) is 0 Å². The lowest BCUT2D eigenvalue weighted by molar-refractivity contribution is -0.116. The predicted molar refractivity (Wildman–Crippen MR) is 115 cm³/mol. The molecule has 5 nitrogen and oxygen atoms in total. The minimum absolute atomic E-state index is 0.00929. The molecule has 146 valence electrons. The largest absolute Gasteiger partial charge is 0.336 e. The number of benzene rings is 3. The van der Waals surface area contributed by atoms with Crippen molar-refractivity contribution in [2.24, 2.45) is 0 Å². The van der Waals surface area contributed by atoms with E-state index in [-0.39, 0.29) is 17.9 Å². The first-order valence-electron chi connectivity index (χ1n) is 9.76. The quantitative estimate of drug-likeness (QED) is 0.662. The van der Waals surface area contributed by atoms with Gasteiger partial charge in [-0.2, -0.15) is 0 Å². The molecule has 1 saturated heterocycles. The maximum absolute atomic E-state index is 12.8. The molecule has 3 aromatic rings. The van der Waals surface area contributed by atoms with Crippen LogP contribution in [0.3, 0.4) is 0 Å². The lowest BCUT2D eigenvalue weighted by Crippen LogP contribution is -2.27. The van der Waals surface area contributed by atoms with Gasteiger partial charge in [0.05, 0.1) is 0 Å². The fourth-order valence-electron chi connectivity index (χ4n) is 3.64. The summed E-state index contributed by atoms with van der Waals surface area (Å²) in [6, 6.07) is 27.5. The van der Waals surface area contributed by atoms with Crippen LogP contribution in [0.15, 0.2) is 84.9 Å². The SMILES string of the molecule is O=C(CC(c1ccccc1)c1ccccc1)Nc1ccc(N2CCNC2=O)cc1. The molecule has 0 saturated carbocycles. The highest BCUT2D eigenvalue weighted by atomic mass is 16.2. The molecule has 1 fully saturated rings. The number of rotatable bonds is 6. The molecule has 1 heterocycles. The van der Waals surface area contributed by atoms with Crippen molar-refractivity contribution in [1.29, 1.82) is 0 Å². The van der Waals surface area contributed by atoms with Gasteiger partial charge >= 0.3 is 6.03 Å². The van der Waals surface area contributed by atoms with Gasteiger partial charge in [-0.25, -0.2) is 4.79 Å². The summed E-state index contributed by atoms with van der Waals surface area (Å²) in [5.74, 6) is -0.0562. The van der Waals surface area contributed by atoms with Crippen molar-refractivity contribution in [2.75, 3.05) is 23.3 Å². The summed E-state index contributed by atoms with van der Waals surface area (Å²) < 4.78 is 0. The molecule has 0 aromatic heterocycles. The van der Waals surface area contributed by atoms with Crippen molar-refractivity contribution < 1.29 is 9.59 Å². The van der Waals surface area contributed by atoms with Crippen molar-refractivity contribution in [3.05, 3.63) is 96.1 Å². The topological polar surface area (TPSA) is 61.4 Å². The summed E-state index contributed by atoms with van der Waals surface area (Å²) in [4.78, 5) is 26.2. The molecular weight excluding hydrogens is 362 g/mol. The van der Waals surface area contributed by atoms with Crippen LogP contribution in [0.5, 0.6) is 0 Å². The number of carbonyl (C=O) groups is 2. The first-order chi connectivity index (χ1) is 14.2. The van der Waals surface area contributed by atoms with Gasteiger partial charge in [0, 0.05) is 36.8 Å². The summed E-state index contributed by atoms with van der Waals surface area (Å²) >= 11 is 0. The van der Waals surface area contributed by atoms with Crippen LogP contribution >= 0.6 is 0 Å². The van der Waals surface area contributed by atoms with Crippen LogP contribution in [-0.4, -0.2) is 25.0 Å². The highest BCUT2D eigenvalue weighted by molar-refractivity contribution is 5.95. The Morgan fingerprint density at radius 3 is 2.00 bits per heavy atom. The summed E-state index contributed by atoms with van der Waals surface area (Å²) in [6.45, 7) is 1.30. The van der Waals surface area contributed by atoms with Gasteiger partial charge in [-0.3, -0.25) is 9.69 Å². The summed E-state index contributed by atoms with van der Waals surface area (Å²) in [5, 5.41) is 5.77. The fraction of sp³-hybridized carbons (Fsp3) is 0.167. The van der Waals surface area contributed by atoms with Crippen molar-refractivity contribution in [2.45, 2.75) is 12.3 Å². The van der Waals surface area contributed by atoms with Crippen molar-refractivity contribution >= 4 is 23.3 Å². The van der Waals surface area contributed by atoms with Gasteiger partial charge in [0.25, 0.3) is 0 Å². The zero-order valence-corrected chi connectivity index (χ0v) is 16.0. The molecule has 4 rings (SSSR count). The Hall–Kier alpha value is -3.60. The first kappa shape index (κ1) is 18.7. The molecule has 0 spiro atoms. The van der Waals surface area contributed by atoms with E-state index in [1.165, 1.54) is 0 Å². The lowest BCUT2D eigenvalue weighted by Gasteiger charge is -2.18. The highest BCUT2D eigenvalue weighted by Crippen LogP contribution is 2.28. The zero-order chi connectivity index (χ0) is 20.1. The second-order valence-electron chi connectivity index (χ2n) is 7.06. The minimum Gasteiger partial charge on any atom is -0.336 e. The minimum atomic E-state index is -0.0876. The van der Waals surface area contributed by atoms with Crippen LogP contribution in [0, 0.1) is 0 Å². The van der Waals surface area contributed by atoms with Crippen molar-refractivity contribution in [3.8, 4) is 0 Å². The second kappa shape index (κ2) is 8.61. The van der Waals surface area contributed by atoms with E-state index in [1.54, 1.807) is 4.90 Å². The van der Waals surface area contributed by atoms with Crippen molar-refractivity contribution in [1.82, 2.24) is 5.32 Å². The van der Waals surface area contributed by atoms with Crippen LogP contribution < -0.4 is 15.5 Å². The average molecular weight is 385 g/mol. The van der Waals surface area contributed by atoms with Crippen LogP contribution in [-0.2, 0) is 4.79 Å². The third kappa shape index (κ3) is 4.46. The van der Waals surface area contributed by atoms with E-state index in [0.29, 0.717) is 19.5 Å². The van der Waals surface area contributed by atoms with Gasteiger partial charge in [-0.1, -0.05) is 60.7 Å². The number of nitrogens with zero attached hydrogens (tertiary/aromatic N) is 1. The molecule has 0 aliphatic carbocycles. The molecule has 0 atom stereocenters. The molecule has 1 aliphatic rings. The Morgan fingerprint density at radius 1 is 0.897 bits per heavy atom. The standard InChI is InChI=1S/C24H23N3O2/c28-23(26-20-11-13-21(14-12-20)27-16-15-25-24(27)29)17-22(18-7-3-1-4-8-18)19-9-5-2-6-10-19/h1-14,22H,15-17H2,(H,25,29)(H,26,28). The number of hydrogen-bond acceptors (Lipinski definition) is 2. The Kier molecular flexibility index (Phi) is 5.56. The number of nitrogens with one attached hydrogen (secondary N) is 2. The molecule has 29 heavy (non-hydrogen) atoms. The van der Waals surface area contributed by atoms with Crippen LogP contribution in [0.4, 0.5) is 16.2 Å². The van der Waals surface area contributed by atoms with Gasteiger partial charge in [0.2, 0.25) is 5.91 Å². The third-order valence-corrected chi connectivity index (χ3v) is 5.11. The number of hydrogen-bond donors (Lipinski definition) is 2. The summed E-state index contributed by atoms with van der Waals surface area (Å²) in [5.41, 5.74) is 3.77. The Bertz CT molecular complexity index is 933. The molecule has 3 aromatic carbocycles. The molecule has 0 bridgehead atoms. The second-order valence-corrected chi connectivity index (χ2v) is 7.06. The number of carbonyl (C=O) groups excluding carboxylic acids is 2. The third-order valence-electron chi connectivity index (χ3n) is 5.11. The number of amides is 3. The fourth-order valence-corrected chi connectivity index (χ4v) is 3.64. The molecule has 0 unspecified atom stereocenters. The van der Waals surface area contributed by atoms with E-state index in [4.69, 9.17) is 0 Å². The zero-order valence-electron chi connectivity index (χ0n) is 16.0. The van der Waals surface area contributed by atoms with E-state index >= 15 is 0 Å². The summed E-state index contributed by atoms with van der Waals surface area (Å²) in [7, 11) is 0. The number of urea groups is 1. The van der Waals surface area contributed by atoms with Crippen LogP contribution in [0.1, 0.15) is 23.5 Å². The van der Waals surface area contributed by atoms with Gasteiger partial charge in [-0.15, -0.1) is 0 Å². The van der Waals surface area contributed by atoms with Crippen molar-refractivity contribution in [3.63, 3.8) is 0 Å². The molecular formula is C24H23N3O2. The van der Waals surface area contributed by atoms with E-state index in [2.05, 4.69) is 34.9 Å². The van der Waals surface area contributed by atoms with Gasteiger partial charge in [0.15, 0.2) is 0 Å². The first-order valence-corrected chi connectivity index (χ1v) is 9.76. The van der Waals surface area contributed by atoms with Gasteiger partial charge in [-0.05, 0) is 35.4 Å². The average Bonchev–Trinajstić information content (AvgIpc) is 3.20. The van der Waals surface area contributed by atoms with Gasteiger partial charge < -0.3 is 10.6 Å². The van der Waals surface area contributed by atoms with E-state index < -0.39 is 0 Å². The normalized spacial score (nSPS) is 13.4. The summed E-state index contributed by atoms with van der Waals surface area (Å²) in [6.07, 6.45) is 0.351. The van der Waals surface area contributed by atoms with E-state index in [1.807, 2.05) is 60.7 Å². The molecule has 1 aliphatic heterocycles. The highest BCUT2D eigenvalue weighted by Gasteiger charge is 2.21. The molecule has 2 N–H and O–H groups in total. The Balaban J connectivity index is 1.46. The maximum atomic E-state index is 12.8. The lowest BCUT2D eigenvalue weighted by atomic mass is 9.88. The van der Waals surface area contributed by atoms with Gasteiger partial charge in [0.1, 0.15) is 0 Å². The Labute approximate surface area is 170 Å².